The van der Waals surface area contributed by atoms with Gasteiger partial charge in [-0.1, -0.05) is 60.7 Å². The Kier molecular flexibility index (Phi) is 3.02. The van der Waals surface area contributed by atoms with Crippen molar-refractivity contribution in [2.45, 2.75) is 11.7 Å². The molecule has 0 bridgehead atoms. The molecule has 0 saturated carbocycles. The smallest absolute Gasteiger partial charge is 0.0373 e. The molecule has 0 fully saturated rings. The fraction of sp³-hybridized carbons (Fsp3) is 0.125. The Hall–Kier alpha value is -1.47. The average molecular weight is 238 g/mol. The van der Waals surface area contributed by atoms with Crippen molar-refractivity contribution in [2.75, 3.05) is 0 Å². The molecule has 0 saturated heterocycles. The zero-order valence-corrected chi connectivity index (χ0v) is 10.4. The highest BCUT2D eigenvalue weighted by atomic mass is 32.2. The van der Waals surface area contributed by atoms with Gasteiger partial charge in [0, 0.05) is 5.25 Å². The van der Waals surface area contributed by atoms with Crippen LogP contribution in [-0.2, 0) is 0 Å². The predicted molar refractivity (Wildman–Crippen MR) is 76.0 cm³/mol. The van der Waals surface area contributed by atoms with E-state index in [4.69, 9.17) is 0 Å². The van der Waals surface area contributed by atoms with Crippen LogP contribution in [0.4, 0.5) is 0 Å². The maximum Gasteiger partial charge on any atom is 0.0373 e. The Labute approximate surface area is 106 Å². The minimum Gasteiger partial charge on any atom is -0.126 e. The van der Waals surface area contributed by atoms with Crippen LogP contribution in [0.3, 0.4) is 0 Å². The van der Waals surface area contributed by atoms with E-state index in [0.717, 1.165) is 6.42 Å². The van der Waals surface area contributed by atoms with E-state index >= 15 is 0 Å². The van der Waals surface area contributed by atoms with Crippen molar-refractivity contribution in [2.24, 2.45) is 0 Å². The van der Waals surface area contributed by atoms with Gasteiger partial charge in [0.15, 0.2) is 0 Å². The van der Waals surface area contributed by atoms with E-state index in [1.807, 2.05) is 11.8 Å². The van der Waals surface area contributed by atoms with E-state index in [2.05, 4.69) is 66.1 Å². The van der Waals surface area contributed by atoms with Crippen molar-refractivity contribution in [3.8, 4) is 11.1 Å². The van der Waals surface area contributed by atoms with Crippen LogP contribution >= 0.6 is 11.8 Å². The normalized spacial score (nSPS) is 18.5. The third kappa shape index (κ3) is 2.29. The topological polar surface area (TPSA) is 0 Å². The molecule has 1 aliphatic rings. The lowest BCUT2D eigenvalue weighted by Gasteiger charge is -2.09. The monoisotopic (exact) mass is 238 g/mol. The Morgan fingerprint density at radius 3 is 2.18 bits per heavy atom. The van der Waals surface area contributed by atoms with Crippen LogP contribution in [0, 0.1) is 0 Å². The van der Waals surface area contributed by atoms with E-state index < -0.39 is 0 Å². The standard InChI is InChI=1S/C16H14S/c1-2-5-13(6-3-1)14-8-10-15(11-9-14)16-7-4-12-17-16/h1-6,8-12,16H,7H2. The molecule has 0 amide bonds. The third-order valence-electron chi connectivity index (χ3n) is 3.08. The van der Waals surface area contributed by atoms with E-state index in [1.54, 1.807) is 0 Å². The van der Waals surface area contributed by atoms with E-state index in [-0.39, 0.29) is 0 Å². The summed E-state index contributed by atoms with van der Waals surface area (Å²) in [5.74, 6) is 0. The second-order valence-electron chi connectivity index (χ2n) is 4.22. The maximum absolute atomic E-state index is 2.26. The molecule has 0 aromatic heterocycles. The van der Waals surface area contributed by atoms with Crippen LogP contribution in [0.1, 0.15) is 17.2 Å². The molecule has 1 atom stereocenters. The molecule has 1 unspecified atom stereocenters. The summed E-state index contributed by atoms with van der Waals surface area (Å²) in [7, 11) is 0. The van der Waals surface area contributed by atoms with Crippen LogP contribution in [0.15, 0.2) is 66.1 Å². The van der Waals surface area contributed by atoms with Gasteiger partial charge in [0.25, 0.3) is 0 Å². The molecule has 84 valence electrons. The van der Waals surface area contributed by atoms with Crippen LogP contribution in [0.25, 0.3) is 11.1 Å². The van der Waals surface area contributed by atoms with Gasteiger partial charge in [0.05, 0.1) is 0 Å². The van der Waals surface area contributed by atoms with Gasteiger partial charge in [0.2, 0.25) is 0 Å². The number of thioether (sulfide) groups is 1. The molecule has 0 spiro atoms. The maximum atomic E-state index is 2.26. The van der Waals surface area contributed by atoms with Crippen molar-refractivity contribution >= 4 is 11.8 Å². The van der Waals surface area contributed by atoms with Gasteiger partial charge < -0.3 is 0 Å². The highest BCUT2D eigenvalue weighted by molar-refractivity contribution is 8.02. The second kappa shape index (κ2) is 4.80. The van der Waals surface area contributed by atoms with E-state index in [1.165, 1.54) is 16.7 Å². The van der Waals surface area contributed by atoms with Crippen molar-refractivity contribution in [3.63, 3.8) is 0 Å². The zero-order valence-electron chi connectivity index (χ0n) is 9.54. The van der Waals surface area contributed by atoms with Crippen LogP contribution < -0.4 is 0 Å². The van der Waals surface area contributed by atoms with Gasteiger partial charge in [-0.2, -0.15) is 0 Å². The molecular weight excluding hydrogens is 224 g/mol. The molecule has 1 heteroatoms. The first kappa shape index (κ1) is 10.7. The van der Waals surface area contributed by atoms with Gasteiger partial charge in [0.1, 0.15) is 0 Å². The fourth-order valence-corrected chi connectivity index (χ4v) is 3.07. The largest absolute Gasteiger partial charge is 0.126 e. The molecule has 1 heterocycles. The van der Waals surface area contributed by atoms with E-state index in [9.17, 15) is 0 Å². The number of benzene rings is 2. The van der Waals surface area contributed by atoms with Crippen LogP contribution in [-0.4, -0.2) is 0 Å². The Morgan fingerprint density at radius 1 is 0.824 bits per heavy atom. The lowest BCUT2D eigenvalue weighted by Crippen LogP contribution is -1.88. The van der Waals surface area contributed by atoms with Gasteiger partial charge in [-0.15, -0.1) is 11.8 Å². The zero-order chi connectivity index (χ0) is 11.5. The summed E-state index contributed by atoms with van der Waals surface area (Å²) in [5, 5.41) is 2.83. The minimum absolute atomic E-state index is 0.625. The molecule has 0 nitrogen and oxygen atoms in total. The molecule has 2 aromatic carbocycles. The van der Waals surface area contributed by atoms with Crippen molar-refractivity contribution < 1.29 is 0 Å². The summed E-state index contributed by atoms with van der Waals surface area (Å²) in [4.78, 5) is 0. The first-order valence-electron chi connectivity index (χ1n) is 5.89. The Balaban J connectivity index is 1.85. The van der Waals surface area contributed by atoms with E-state index in [0.29, 0.717) is 5.25 Å². The molecule has 0 aliphatic carbocycles. The van der Waals surface area contributed by atoms with Gasteiger partial charge in [-0.3, -0.25) is 0 Å². The summed E-state index contributed by atoms with van der Waals surface area (Å²) in [5.41, 5.74) is 4.02. The molecule has 17 heavy (non-hydrogen) atoms. The van der Waals surface area contributed by atoms with Gasteiger partial charge >= 0.3 is 0 Å². The molecule has 3 rings (SSSR count). The average Bonchev–Trinajstić information content (AvgIpc) is 2.94. The van der Waals surface area contributed by atoms with Crippen molar-refractivity contribution in [1.29, 1.82) is 0 Å². The van der Waals surface area contributed by atoms with Gasteiger partial charge in [-0.05, 0) is 28.5 Å². The number of hydrogen-bond donors (Lipinski definition) is 0. The summed E-state index contributed by atoms with van der Waals surface area (Å²) >= 11 is 1.92. The minimum atomic E-state index is 0.625. The molecule has 2 aromatic rings. The SMILES string of the molecule is C1=CSC(c2ccc(-c3ccccc3)cc2)C1. The lowest BCUT2D eigenvalue weighted by atomic mass is 10.0. The fourth-order valence-electron chi connectivity index (χ4n) is 2.12. The predicted octanol–water partition coefficient (Wildman–Crippen LogP) is 5.05. The molecule has 0 radical (unpaired) electrons. The highest BCUT2D eigenvalue weighted by Crippen LogP contribution is 2.38. The number of hydrogen-bond acceptors (Lipinski definition) is 1. The third-order valence-corrected chi connectivity index (χ3v) is 4.22. The second-order valence-corrected chi connectivity index (χ2v) is 5.33. The highest BCUT2D eigenvalue weighted by Gasteiger charge is 2.12. The van der Waals surface area contributed by atoms with Crippen LogP contribution in [0.2, 0.25) is 0 Å². The first-order chi connectivity index (χ1) is 8.43. The quantitative estimate of drug-likeness (QED) is 0.706. The first-order valence-corrected chi connectivity index (χ1v) is 6.83. The number of rotatable bonds is 2. The summed E-state index contributed by atoms with van der Waals surface area (Å²) in [6, 6.07) is 19.5. The Morgan fingerprint density at radius 2 is 1.53 bits per heavy atom. The molecule has 1 aliphatic heterocycles. The van der Waals surface area contributed by atoms with Crippen LogP contribution in [0.5, 0.6) is 0 Å². The van der Waals surface area contributed by atoms with Crippen molar-refractivity contribution in [3.05, 3.63) is 71.6 Å². The number of allylic oxidation sites excluding steroid dienone is 1. The van der Waals surface area contributed by atoms with Crippen molar-refractivity contribution in [1.82, 2.24) is 0 Å². The molecular formula is C16H14S. The Bertz CT molecular complexity index is 503. The summed E-state index contributed by atoms with van der Waals surface area (Å²) in [6.07, 6.45) is 3.41. The van der Waals surface area contributed by atoms with Gasteiger partial charge in [-0.25, -0.2) is 0 Å². The summed E-state index contributed by atoms with van der Waals surface area (Å²) in [6.45, 7) is 0. The molecule has 0 N–H and O–H groups in total. The summed E-state index contributed by atoms with van der Waals surface area (Å²) < 4.78 is 0. The lowest BCUT2D eigenvalue weighted by molar-refractivity contribution is 0.991.